The molecule has 0 bridgehead atoms. The molecule has 37 heavy (non-hydrogen) atoms. The summed E-state index contributed by atoms with van der Waals surface area (Å²) in [4.78, 5) is 2.33. The molecular weight excluding hydrogens is 466 g/mol. The molecule has 0 unspecified atom stereocenters. The summed E-state index contributed by atoms with van der Waals surface area (Å²) in [5, 5.41) is 5.16. The molecule has 7 aromatic rings. The topological polar surface area (TPSA) is 3.24 Å². The molecule has 0 fully saturated rings. The number of rotatable bonds is 4. The van der Waals surface area contributed by atoms with Crippen molar-refractivity contribution < 1.29 is 0 Å². The molecule has 1 heterocycles. The zero-order chi connectivity index (χ0) is 24.8. The molecule has 0 spiro atoms. The number of fused-ring (bicyclic) bond motifs is 4. The van der Waals surface area contributed by atoms with Gasteiger partial charge in [0.25, 0.3) is 0 Å². The van der Waals surface area contributed by atoms with Gasteiger partial charge in [-0.05, 0) is 82.9 Å². The number of thiophene rings is 1. The van der Waals surface area contributed by atoms with Crippen molar-refractivity contribution in [3.8, 4) is 11.1 Å². The molecule has 0 atom stereocenters. The minimum Gasteiger partial charge on any atom is -0.310 e. The SMILES string of the molecule is Cc1cccc(N(c2ccccc2)c2ccc3cc(-c4cccc5c4sc4ccccc45)ccc3c2)c1. The lowest BCUT2D eigenvalue weighted by atomic mass is 9.99. The van der Waals surface area contributed by atoms with Crippen molar-refractivity contribution in [2.75, 3.05) is 4.90 Å². The van der Waals surface area contributed by atoms with Crippen LogP contribution in [0.1, 0.15) is 5.56 Å². The molecule has 1 nitrogen and oxygen atoms in total. The van der Waals surface area contributed by atoms with Crippen molar-refractivity contribution in [1.29, 1.82) is 0 Å². The van der Waals surface area contributed by atoms with Crippen LogP contribution in [0.25, 0.3) is 42.1 Å². The predicted molar refractivity (Wildman–Crippen MR) is 162 cm³/mol. The Labute approximate surface area is 220 Å². The number of anilines is 3. The van der Waals surface area contributed by atoms with Gasteiger partial charge < -0.3 is 4.90 Å². The van der Waals surface area contributed by atoms with Crippen LogP contribution in [0.5, 0.6) is 0 Å². The second-order valence-corrected chi connectivity index (χ2v) is 10.6. The fourth-order valence-electron chi connectivity index (χ4n) is 5.31. The van der Waals surface area contributed by atoms with Gasteiger partial charge in [0, 0.05) is 37.2 Å². The third kappa shape index (κ3) is 3.87. The third-order valence-corrected chi connectivity index (χ3v) is 8.29. The molecule has 0 aliphatic carbocycles. The van der Waals surface area contributed by atoms with Crippen LogP contribution >= 0.6 is 11.3 Å². The van der Waals surface area contributed by atoms with Gasteiger partial charge in [0.2, 0.25) is 0 Å². The maximum Gasteiger partial charge on any atom is 0.0468 e. The summed E-state index contributed by atoms with van der Waals surface area (Å²) < 4.78 is 2.70. The fourth-order valence-corrected chi connectivity index (χ4v) is 6.54. The van der Waals surface area contributed by atoms with Crippen LogP contribution in [0.4, 0.5) is 17.1 Å². The van der Waals surface area contributed by atoms with E-state index in [1.165, 1.54) is 53.3 Å². The molecule has 1 aromatic heterocycles. The van der Waals surface area contributed by atoms with Crippen molar-refractivity contribution >= 4 is 59.3 Å². The van der Waals surface area contributed by atoms with Crippen molar-refractivity contribution in [2.45, 2.75) is 6.92 Å². The Bertz CT molecular complexity index is 1900. The normalized spacial score (nSPS) is 11.4. The summed E-state index contributed by atoms with van der Waals surface area (Å²) in [6, 6.07) is 48.3. The fraction of sp³-hybridized carbons (Fsp3) is 0.0286. The lowest BCUT2D eigenvalue weighted by Gasteiger charge is -2.26. The molecule has 0 N–H and O–H groups in total. The van der Waals surface area contributed by atoms with E-state index in [1.54, 1.807) is 0 Å². The first-order chi connectivity index (χ1) is 18.2. The van der Waals surface area contributed by atoms with Gasteiger partial charge in [0.1, 0.15) is 0 Å². The van der Waals surface area contributed by atoms with Crippen molar-refractivity contribution in [3.63, 3.8) is 0 Å². The van der Waals surface area contributed by atoms with Crippen molar-refractivity contribution in [1.82, 2.24) is 0 Å². The first-order valence-corrected chi connectivity index (χ1v) is 13.4. The van der Waals surface area contributed by atoms with E-state index in [0.29, 0.717) is 0 Å². The summed E-state index contributed by atoms with van der Waals surface area (Å²) in [5.74, 6) is 0. The van der Waals surface area contributed by atoms with E-state index in [9.17, 15) is 0 Å². The summed E-state index contributed by atoms with van der Waals surface area (Å²) in [6.45, 7) is 2.14. The van der Waals surface area contributed by atoms with E-state index < -0.39 is 0 Å². The Hall–Kier alpha value is -4.40. The van der Waals surface area contributed by atoms with Crippen molar-refractivity contribution in [2.24, 2.45) is 0 Å². The maximum atomic E-state index is 2.33. The standard InChI is InChI=1S/C35H25NS/c1-24-9-7-12-29(21-24)36(28-10-3-2-4-11-28)30-20-19-25-22-27(18-17-26(25)23-30)31-14-8-15-33-32-13-5-6-16-34(32)37-35(31)33/h2-23H,1H3. The van der Waals surface area contributed by atoms with Gasteiger partial charge in [-0.15, -0.1) is 11.3 Å². The zero-order valence-electron chi connectivity index (χ0n) is 20.6. The van der Waals surface area contributed by atoms with E-state index in [2.05, 4.69) is 145 Å². The van der Waals surface area contributed by atoms with E-state index in [4.69, 9.17) is 0 Å². The van der Waals surface area contributed by atoms with Gasteiger partial charge in [-0.2, -0.15) is 0 Å². The number of para-hydroxylation sites is 1. The highest BCUT2D eigenvalue weighted by molar-refractivity contribution is 7.26. The summed E-state index contributed by atoms with van der Waals surface area (Å²) in [6.07, 6.45) is 0. The number of hydrogen-bond acceptors (Lipinski definition) is 2. The van der Waals surface area contributed by atoms with Crippen LogP contribution in [0.15, 0.2) is 133 Å². The second-order valence-electron chi connectivity index (χ2n) is 9.54. The van der Waals surface area contributed by atoms with E-state index in [0.717, 1.165) is 11.4 Å². The molecule has 0 saturated carbocycles. The molecule has 0 aliphatic rings. The Balaban J connectivity index is 1.35. The summed E-state index contributed by atoms with van der Waals surface area (Å²) in [5.41, 5.74) is 7.29. The molecule has 176 valence electrons. The third-order valence-electron chi connectivity index (χ3n) is 7.07. The Kier molecular flexibility index (Phi) is 5.27. The molecule has 7 rings (SSSR count). The molecule has 0 aliphatic heterocycles. The molecule has 2 heteroatoms. The number of aryl methyl sites for hydroxylation is 1. The average Bonchev–Trinajstić information content (AvgIpc) is 3.33. The molecule has 0 amide bonds. The Morgan fingerprint density at radius 1 is 0.514 bits per heavy atom. The molecule has 0 saturated heterocycles. The largest absolute Gasteiger partial charge is 0.310 e. The number of benzene rings is 6. The van der Waals surface area contributed by atoms with Crippen LogP contribution in [-0.4, -0.2) is 0 Å². The van der Waals surface area contributed by atoms with E-state index >= 15 is 0 Å². The predicted octanol–water partition coefficient (Wildman–Crippen LogP) is 10.7. The van der Waals surface area contributed by atoms with Gasteiger partial charge >= 0.3 is 0 Å². The van der Waals surface area contributed by atoms with Crippen LogP contribution in [0.2, 0.25) is 0 Å². The zero-order valence-corrected chi connectivity index (χ0v) is 21.4. The van der Waals surface area contributed by atoms with Crippen molar-refractivity contribution in [3.05, 3.63) is 139 Å². The molecule has 6 aromatic carbocycles. The van der Waals surface area contributed by atoms with Crippen LogP contribution < -0.4 is 4.90 Å². The number of hydrogen-bond donors (Lipinski definition) is 0. The highest BCUT2D eigenvalue weighted by Gasteiger charge is 2.14. The average molecular weight is 492 g/mol. The minimum absolute atomic E-state index is 1.15. The van der Waals surface area contributed by atoms with Gasteiger partial charge in [-0.3, -0.25) is 0 Å². The first-order valence-electron chi connectivity index (χ1n) is 12.6. The molecule has 0 radical (unpaired) electrons. The second kappa shape index (κ2) is 8.92. The first kappa shape index (κ1) is 21.8. The Morgan fingerprint density at radius 2 is 1.22 bits per heavy atom. The van der Waals surface area contributed by atoms with E-state index in [1.807, 2.05) is 11.3 Å². The van der Waals surface area contributed by atoms with Crippen LogP contribution in [0, 0.1) is 6.92 Å². The number of nitrogens with zero attached hydrogens (tertiary/aromatic N) is 1. The highest BCUT2D eigenvalue weighted by atomic mass is 32.1. The lowest BCUT2D eigenvalue weighted by Crippen LogP contribution is -2.09. The maximum absolute atomic E-state index is 2.33. The lowest BCUT2D eigenvalue weighted by molar-refractivity contribution is 1.28. The monoisotopic (exact) mass is 491 g/mol. The van der Waals surface area contributed by atoms with E-state index in [-0.39, 0.29) is 0 Å². The summed E-state index contributed by atoms with van der Waals surface area (Å²) in [7, 11) is 0. The van der Waals surface area contributed by atoms with Gasteiger partial charge in [0.15, 0.2) is 0 Å². The van der Waals surface area contributed by atoms with Gasteiger partial charge in [-0.1, -0.05) is 84.9 Å². The highest BCUT2D eigenvalue weighted by Crippen LogP contribution is 2.41. The quantitative estimate of drug-likeness (QED) is 0.237. The minimum atomic E-state index is 1.15. The smallest absolute Gasteiger partial charge is 0.0468 e. The Morgan fingerprint density at radius 3 is 2.11 bits per heavy atom. The van der Waals surface area contributed by atoms with Gasteiger partial charge in [-0.25, -0.2) is 0 Å². The summed E-state index contributed by atoms with van der Waals surface area (Å²) >= 11 is 1.88. The van der Waals surface area contributed by atoms with Crippen LogP contribution in [-0.2, 0) is 0 Å². The van der Waals surface area contributed by atoms with Crippen LogP contribution in [0.3, 0.4) is 0 Å². The molecular formula is C35H25NS. The van der Waals surface area contributed by atoms with Gasteiger partial charge in [0.05, 0.1) is 0 Å².